The number of hydrogen-bond donors (Lipinski definition) is 0. The Morgan fingerprint density at radius 2 is 1.65 bits per heavy atom. The molecule has 0 saturated heterocycles. The average Bonchev–Trinajstić information content (AvgIpc) is 3.00. The predicted octanol–water partition coefficient (Wildman–Crippen LogP) is 4.02. The van der Waals surface area contributed by atoms with Gasteiger partial charge in [0, 0.05) is 24.9 Å². The van der Waals surface area contributed by atoms with Crippen LogP contribution in [0.3, 0.4) is 0 Å². The quantitative estimate of drug-likeness (QED) is 0.694. The van der Waals surface area contributed by atoms with Crippen molar-refractivity contribution in [1.82, 2.24) is 9.55 Å². The number of aromatic nitrogens is 2. The molecule has 0 saturated carbocycles. The summed E-state index contributed by atoms with van der Waals surface area (Å²) in [7, 11) is 0. The van der Waals surface area contributed by atoms with Crippen LogP contribution in [-0.4, -0.2) is 9.55 Å². The van der Waals surface area contributed by atoms with Crippen molar-refractivity contribution < 1.29 is 0 Å². The fraction of sp³-hybridized carbons (Fsp3) is 0.167. The molecule has 1 heterocycles. The van der Waals surface area contributed by atoms with E-state index >= 15 is 0 Å². The van der Waals surface area contributed by atoms with E-state index in [0.29, 0.717) is 5.92 Å². The molecule has 20 heavy (non-hydrogen) atoms. The van der Waals surface area contributed by atoms with Crippen molar-refractivity contribution in [3.63, 3.8) is 0 Å². The van der Waals surface area contributed by atoms with Crippen molar-refractivity contribution in [3.8, 4) is 0 Å². The maximum atomic E-state index is 4.14. The van der Waals surface area contributed by atoms with Crippen LogP contribution in [0.25, 0.3) is 0 Å². The summed E-state index contributed by atoms with van der Waals surface area (Å²) >= 11 is 0. The second-order valence-electron chi connectivity index (χ2n) is 5.13. The first-order valence-electron chi connectivity index (χ1n) is 6.90. The first-order valence-corrected chi connectivity index (χ1v) is 6.90. The molecule has 2 nitrogen and oxygen atoms in total. The highest BCUT2D eigenvalue weighted by molar-refractivity contribution is 5.33. The SMILES string of the molecule is Cc1ccc(C(Cn2ccnc2)c2ccccc2)cc1. The molecule has 2 aromatic carbocycles. The van der Waals surface area contributed by atoms with E-state index in [1.807, 2.05) is 18.7 Å². The van der Waals surface area contributed by atoms with Crippen LogP contribution >= 0.6 is 0 Å². The molecule has 100 valence electrons. The first kappa shape index (κ1) is 12.7. The van der Waals surface area contributed by atoms with E-state index < -0.39 is 0 Å². The Bertz CT molecular complexity index is 640. The van der Waals surface area contributed by atoms with Crippen molar-refractivity contribution >= 4 is 0 Å². The van der Waals surface area contributed by atoms with Crippen LogP contribution in [0, 0.1) is 6.92 Å². The van der Waals surface area contributed by atoms with E-state index in [1.165, 1.54) is 16.7 Å². The normalized spacial score (nSPS) is 12.2. The second-order valence-corrected chi connectivity index (χ2v) is 5.13. The maximum absolute atomic E-state index is 4.14. The lowest BCUT2D eigenvalue weighted by molar-refractivity contribution is 0.623. The van der Waals surface area contributed by atoms with Crippen LogP contribution in [-0.2, 0) is 6.54 Å². The van der Waals surface area contributed by atoms with Gasteiger partial charge in [-0.05, 0) is 18.1 Å². The van der Waals surface area contributed by atoms with Crippen LogP contribution < -0.4 is 0 Å². The second kappa shape index (κ2) is 5.74. The lowest BCUT2D eigenvalue weighted by Gasteiger charge is -2.19. The van der Waals surface area contributed by atoms with Crippen molar-refractivity contribution in [3.05, 3.63) is 90.0 Å². The van der Waals surface area contributed by atoms with E-state index in [1.54, 1.807) is 0 Å². The number of hydrogen-bond acceptors (Lipinski definition) is 1. The van der Waals surface area contributed by atoms with E-state index in [-0.39, 0.29) is 0 Å². The van der Waals surface area contributed by atoms with Crippen molar-refractivity contribution in [1.29, 1.82) is 0 Å². The lowest BCUT2D eigenvalue weighted by Crippen LogP contribution is -2.09. The fourth-order valence-electron chi connectivity index (χ4n) is 2.49. The molecule has 0 aliphatic rings. The van der Waals surface area contributed by atoms with E-state index in [2.05, 4.69) is 71.1 Å². The predicted molar refractivity (Wildman–Crippen MR) is 81.7 cm³/mol. The minimum Gasteiger partial charge on any atom is -0.337 e. The van der Waals surface area contributed by atoms with Gasteiger partial charge in [0.25, 0.3) is 0 Å². The van der Waals surface area contributed by atoms with Crippen LogP contribution in [0.4, 0.5) is 0 Å². The molecule has 0 aliphatic carbocycles. The van der Waals surface area contributed by atoms with Crippen LogP contribution in [0.5, 0.6) is 0 Å². The smallest absolute Gasteiger partial charge is 0.0946 e. The third-order valence-electron chi connectivity index (χ3n) is 3.63. The van der Waals surface area contributed by atoms with Gasteiger partial charge in [-0.15, -0.1) is 0 Å². The van der Waals surface area contributed by atoms with Crippen molar-refractivity contribution in [2.75, 3.05) is 0 Å². The van der Waals surface area contributed by atoms with E-state index in [4.69, 9.17) is 0 Å². The first-order chi connectivity index (χ1) is 9.83. The van der Waals surface area contributed by atoms with Gasteiger partial charge in [0.15, 0.2) is 0 Å². The summed E-state index contributed by atoms with van der Waals surface area (Å²) in [6, 6.07) is 19.5. The molecular weight excluding hydrogens is 244 g/mol. The molecule has 0 amide bonds. The Labute approximate surface area is 119 Å². The minimum atomic E-state index is 0.353. The molecule has 0 radical (unpaired) electrons. The number of rotatable bonds is 4. The Kier molecular flexibility index (Phi) is 3.64. The highest BCUT2D eigenvalue weighted by atomic mass is 15.0. The zero-order chi connectivity index (χ0) is 13.8. The zero-order valence-electron chi connectivity index (χ0n) is 11.6. The average molecular weight is 262 g/mol. The van der Waals surface area contributed by atoms with Gasteiger partial charge in [-0.3, -0.25) is 0 Å². The van der Waals surface area contributed by atoms with Gasteiger partial charge in [-0.1, -0.05) is 60.2 Å². The van der Waals surface area contributed by atoms with Crippen molar-refractivity contribution in [2.45, 2.75) is 19.4 Å². The molecule has 3 rings (SSSR count). The van der Waals surface area contributed by atoms with Crippen molar-refractivity contribution in [2.24, 2.45) is 0 Å². The standard InChI is InChI=1S/C18H18N2/c1-15-7-9-17(10-8-15)18(13-20-12-11-19-14-20)16-5-3-2-4-6-16/h2-12,14,18H,13H2,1H3. The van der Waals surface area contributed by atoms with E-state index in [0.717, 1.165) is 6.54 Å². The molecule has 1 atom stereocenters. The molecule has 2 heteroatoms. The number of aryl methyl sites for hydroxylation is 1. The molecule has 0 aliphatic heterocycles. The number of nitrogens with zero attached hydrogens (tertiary/aromatic N) is 2. The van der Waals surface area contributed by atoms with Gasteiger partial charge in [0.2, 0.25) is 0 Å². The summed E-state index contributed by atoms with van der Waals surface area (Å²) in [5.74, 6) is 0.353. The van der Waals surface area contributed by atoms with Gasteiger partial charge >= 0.3 is 0 Å². The van der Waals surface area contributed by atoms with Crippen LogP contribution in [0.1, 0.15) is 22.6 Å². The van der Waals surface area contributed by atoms with Crippen LogP contribution in [0.15, 0.2) is 73.3 Å². The van der Waals surface area contributed by atoms with Gasteiger partial charge < -0.3 is 4.57 Å². The summed E-state index contributed by atoms with van der Waals surface area (Å²) in [5, 5.41) is 0. The molecular formula is C18H18N2. The van der Waals surface area contributed by atoms with Gasteiger partial charge in [-0.2, -0.15) is 0 Å². The summed E-state index contributed by atoms with van der Waals surface area (Å²) in [4.78, 5) is 4.14. The number of imidazole rings is 1. The highest BCUT2D eigenvalue weighted by Crippen LogP contribution is 2.26. The van der Waals surface area contributed by atoms with Gasteiger partial charge in [0.05, 0.1) is 6.33 Å². The summed E-state index contributed by atoms with van der Waals surface area (Å²) in [6.07, 6.45) is 5.73. The van der Waals surface area contributed by atoms with Gasteiger partial charge in [-0.25, -0.2) is 4.98 Å². The summed E-state index contributed by atoms with van der Waals surface area (Å²) in [6.45, 7) is 3.03. The van der Waals surface area contributed by atoms with Crippen LogP contribution in [0.2, 0.25) is 0 Å². The maximum Gasteiger partial charge on any atom is 0.0946 e. The molecule has 0 bridgehead atoms. The lowest BCUT2D eigenvalue weighted by atomic mass is 9.90. The Hall–Kier alpha value is -2.35. The Morgan fingerprint density at radius 3 is 2.30 bits per heavy atom. The Morgan fingerprint density at radius 1 is 0.950 bits per heavy atom. The Balaban J connectivity index is 1.97. The molecule has 1 unspecified atom stereocenters. The molecule has 0 fully saturated rings. The molecule has 0 N–H and O–H groups in total. The minimum absolute atomic E-state index is 0.353. The number of benzene rings is 2. The van der Waals surface area contributed by atoms with Gasteiger partial charge in [0.1, 0.15) is 0 Å². The molecule has 3 aromatic rings. The zero-order valence-corrected chi connectivity index (χ0v) is 11.6. The molecule has 0 spiro atoms. The third kappa shape index (κ3) is 2.80. The topological polar surface area (TPSA) is 17.8 Å². The summed E-state index contributed by atoms with van der Waals surface area (Å²) < 4.78 is 2.14. The fourth-order valence-corrected chi connectivity index (χ4v) is 2.49. The largest absolute Gasteiger partial charge is 0.337 e. The molecule has 1 aromatic heterocycles. The van der Waals surface area contributed by atoms with E-state index in [9.17, 15) is 0 Å². The third-order valence-corrected chi connectivity index (χ3v) is 3.63. The summed E-state index contributed by atoms with van der Waals surface area (Å²) in [5.41, 5.74) is 3.98. The highest BCUT2D eigenvalue weighted by Gasteiger charge is 2.14. The monoisotopic (exact) mass is 262 g/mol.